The van der Waals surface area contributed by atoms with E-state index in [1.54, 1.807) is 0 Å². The number of aromatic nitrogens is 5. The highest BCUT2D eigenvalue weighted by atomic mass is 32.2. The molecule has 0 atom stereocenters. The first-order valence-corrected chi connectivity index (χ1v) is 13.0. The van der Waals surface area contributed by atoms with E-state index in [0.29, 0.717) is 17.5 Å². The van der Waals surface area contributed by atoms with Gasteiger partial charge in [0.05, 0.1) is 12.3 Å². The molecule has 1 fully saturated rings. The molecule has 11 heteroatoms. The van der Waals surface area contributed by atoms with E-state index < -0.39 is 11.2 Å². The van der Waals surface area contributed by atoms with Crippen LogP contribution >= 0.6 is 11.8 Å². The number of anilines is 2. The summed E-state index contributed by atoms with van der Waals surface area (Å²) in [4.78, 5) is 46.6. The predicted molar refractivity (Wildman–Crippen MR) is 137 cm³/mol. The van der Waals surface area contributed by atoms with Crippen molar-refractivity contribution in [3.63, 3.8) is 0 Å². The molecule has 1 amide bonds. The maximum Gasteiger partial charge on any atom is 0.330 e. The number of nitrogens with one attached hydrogen (secondary N) is 2. The summed E-state index contributed by atoms with van der Waals surface area (Å²) < 4.78 is 1.28. The number of hydrogen-bond donors (Lipinski definition) is 3. The zero-order valence-corrected chi connectivity index (χ0v) is 20.6. The van der Waals surface area contributed by atoms with E-state index in [1.807, 2.05) is 37.3 Å². The number of thioether (sulfide) groups is 1. The Labute approximate surface area is 207 Å². The maximum atomic E-state index is 13.2. The number of carbonyl (C=O) groups is 1. The van der Waals surface area contributed by atoms with Crippen LogP contribution in [0.3, 0.4) is 0 Å². The van der Waals surface area contributed by atoms with Crippen molar-refractivity contribution in [2.24, 2.45) is 5.92 Å². The van der Waals surface area contributed by atoms with Gasteiger partial charge in [0.15, 0.2) is 5.69 Å². The number of aromatic amines is 2. The highest BCUT2D eigenvalue weighted by Gasteiger charge is 2.24. The molecule has 0 bridgehead atoms. The summed E-state index contributed by atoms with van der Waals surface area (Å²) in [5.41, 5.74) is 5.84. The fourth-order valence-corrected chi connectivity index (χ4v) is 5.17. The Balaban J connectivity index is 1.51. The lowest BCUT2D eigenvalue weighted by Gasteiger charge is -2.24. The Morgan fingerprint density at radius 3 is 2.69 bits per heavy atom. The summed E-state index contributed by atoms with van der Waals surface area (Å²) in [6.45, 7) is 2.37. The minimum Gasteiger partial charge on any atom is -0.383 e. The zero-order valence-electron chi connectivity index (χ0n) is 19.8. The van der Waals surface area contributed by atoms with Crippen molar-refractivity contribution in [2.45, 2.75) is 57.1 Å². The number of rotatable bonds is 10. The minimum absolute atomic E-state index is 0.00936. The molecule has 1 aliphatic carbocycles. The van der Waals surface area contributed by atoms with Crippen LogP contribution < -0.4 is 21.9 Å². The molecule has 10 nitrogen and oxygen atoms in total. The van der Waals surface area contributed by atoms with Gasteiger partial charge in [-0.1, -0.05) is 74.7 Å². The van der Waals surface area contributed by atoms with Gasteiger partial charge in [-0.05, 0) is 17.9 Å². The number of hydrogen-bond acceptors (Lipinski definition) is 7. The lowest BCUT2D eigenvalue weighted by molar-refractivity contribution is -0.116. The summed E-state index contributed by atoms with van der Waals surface area (Å²) in [6, 6.07) is 9.31. The van der Waals surface area contributed by atoms with Gasteiger partial charge in [-0.2, -0.15) is 0 Å². The van der Waals surface area contributed by atoms with E-state index in [-0.39, 0.29) is 36.3 Å². The summed E-state index contributed by atoms with van der Waals surface area (Å²) >= 11 is 1.21. The van der Waals surface area contributed by atoms with Gasteiger partial charge < -0.3 is 10.6 Å². The molecule has 4 N–H and O–H groups in total. The summed E-state index contributed by atoms with van der Waals surface area (Å²) in [6.07, 6.45) is 6.45. The third-order valence-electron chi connectivity index (χ3n) is 6.21. The van der Waals surface area contributed by atoms with E-state index >= 15 is 0 Å². The fourth-order valence-electron chi connectivity index (χ4n) is 4.47. The average Bonchev–Trinajstić information content (AvgIpc) is 3.53. The first-order valence-electron chi connectivity index (χ1n) is 12.0. The van der Waals surface area contributed by atoms with Crippen LogP contribution in [0, 0.1) is 5.92 Å². The second kappa shape index (κ2) is 11.4. The van der Waals surface area contributed by atoms with Crippen molar-refractivity contribution in [1.82, 2.24) is 24.7 Å². The maximum absolute atomic E-state index is 13.2. The molecular weight excluding hydrogens is 466 g/mol. The number of nitrogens with two attached hydrogens (primary N) is 1. The number of carbonyl (C=O) groups excluding carboxylic acids is 1. The quantitative estimate of drug-likeness (QED) is 0.365. The van der Waals surface area contributed by atoms with Crippen LogP contribution in [0.1, 0.15) is 50.4 Å². The third kappa shape index (κ3) is 6.02. The minimum atomic E-state index is -0.680. The van der Waals surface area contributed by atoms with Crippen LogP contribution in [0.4, 0.5) is 11.5 Å². The smallest absolute Gasteiger partial charge is 0.330 e. The molecule has 0 aliphatic heterocycles. The van der Waals surface area contributed by atoms with Crippen LogP contribution in [0.2, 0.25) is 0 Å². The molecule has 0 spiro atoms. The highest BCUT2D eigenvalue weighted by molar-refractivity contribution is 7.99. The van der Waals surface area contributed by atoms with Crippen LogP contribution in [-0.4, -0.2) is 42.9 Å². The molecule has 1 aliphatic rings. The van der Waals surface area contributed by atoms with Gasteiger partial charge in [0.1, 0.15) is 11.6 Å². The summed E-state index contributed by atoms with van der Waals surface area (Å²) in [5.74, 6) is 1.18. The molecule has 35 heavy (non-hydrogen) atoms. The van der Waals surface area contributed by atoms with Crippen LogP contribution in [0.25, 0.3) is 0 Å². The topological polar surface area (TPSA) is 143 Å². The van der Waals surface area contributed by atoms with E-state index in [2.05, 4.69) is 20.2 Å². The number of nitrogen functional groups attached to an aromatic ring is 1. The van der Waals surface area contributed by atoms with Crippen LogP contribution in [0.15, 0.2) is 45.1 Å². The van der Waals surface area contributed by atoms with Crippen molar-refractivity contribution in [3.05, 3.63) is 62.6 Å². The van der Waals surface area contributed by atoms with Crippen molar-refractivity contribution < 1.29 is 4.79 Å². The van der Waals surface area contributed by atoms with Crippen LogP contribution in [-0.2, 0) is 17.8 Å². The number of H-pyrrole nitrogens is 2. The van der Waals surface area contributed by atoms with Gasteiger partial charge >= 0.3 is 5.69 Å². The Morgan fingerprint density at radius 1 is 1.23 bits per heavy atom. The second-order valence-corrected chi connectivity index (χ2v) is 9.76. The molecule has 3 aromatic rings. The second-order valence-electron chi connectivity index (χ2n) is 8.82. The van der Waals surface area contributed by atoms with Crippen molar-refractivity contribution in [2.75, 3.05) is 22.9 Å². The molecule has 4 rings (SSSR count). The summed E-state index contributed by atoms with van der Waals surface area (Å²) in [5, 5.41) is 7.71. The van der Waals surface area contributed by atoms with E-state index in [9.17, 15) is 14.4 Å². The monoisotopic (exact) mass is 497 g/mol. The number of nitrogens with zero attached hydrogens (tertiary/aromatic N) is 4. The van der Waals surface area contributed by atoms with Gasteiger partial charge in [0.25, 0.3) is 5.56 Å². The fraction of sp³-hybridized carbons (Fsp3) is 0.458. The van der Waals surface area contributed by atoms with Gasteiger partial charge in [0, 0.05) is 13.0 Å². The van der Waals surface area contributed by atoms with E-state index in [4.69, 9.17) is 5.73 Å². The first kappa shape index (κ1) is 24.8. The molecular formula is C24H31N7O3S. The zero-order chi connectivity index (χ0) is 24.8. The standard InChI is InChI=1S/C24H31N7O3S/c1-2-12-30(19(32)15-35-23-26-18(28-29-23)13-16-8-6-7-9-16)20-21(25)31(24(34)27-22(20)33)14-17-10-4-3-5-11-17/h3-5,10-11,16H,2,6-9,12-15,25H2,1H3,(H,26,28,29)(H,27,33,34). The van der Waals surface area contributed by atoms with Gasteiger partial charge in [0.2, 0.25) is 11.1 Å². The van der Waals surface area contributed by atoms with E-state index in [0.717, 1.165) is 17.8 Å². The van der Waals surface area contributed by atoms with E-state index in [1.165, 1.54) is 46.9 Å². The number of benzene rings is 1. The first-order chi connectivity index (χ1) is 17.0. The normalized spacial score (nSPS) is 13.9. The molecule has 0 unspecified atom stereocenters. The molecule has 2 aromatic heterocycles. The van der Waals surface area contributed by atoms with Gasteiger partial charge in [-0.3, -0.25) is 24.2 Å². The highest BCUT2D eigenvalue weighted by Crippen LogP contribution is 2.27. The lowest BCUT2D eigenvalue weighted by atomic mass is 10.0. The Bertz CT molecular complexity index is 1260. The van der Waals surface area contributed by atoms with Crippen LogP contribution in [0.5, 0.6) is 0 Å². The SMILES string of the molecule is CCCN(C(=O)CSc1n[nH]c(CC2CCCC2)n1)c1c(N)n(Cc2ccccc2)c(=O)[nH]c1=O. The van der Waals surface area contributed by atoms with Gasteiger partial charge in [-0.15, -0.1) is 5.10 Å². The summed E-state index contributed by atoms with van der Waals surface area (Å²) in [7, 11) is 0. The Hall–Kier alpha value is -3.34. The third-order valence-corrected chi connectivity index (χ3v) is 7.04. The largest absolute Gasteiger partial charge is 0.383 e. The number of amides is 1. The van der Waals surface area contributed by atoms with Crippen molar-refractivity contribution in [3.8, 4) is 0 Å². The Kier molecular flexibility index (Phi) is 8.06. The predicted octanol–water partition coefficient (Wildman–Crippen LogP) is 2.55. The lowest BCUT2D eigenvalue weighted by Crippen LogP contribution is -2.42. The Morgan fingerprint density at radius 2 is 1.97 bits per heavy atom. The molecule has 1 aromatic carbocycles. The van der Waals surface area contributed by atoms with Gasteiger partial charge in [-0.25, -0.2) is 9.78 Å². The molecule has 2 heterocycles. The van der Waals surface area contributed by atoms with Crippen molar-refractivity contribution in [1.29, 1.82) is 0 Å². The molecule has 0 saturated heterocycles. The van der Waals surface area contributed by atoms with Crippen molar-refractivity contribution >= 4 is 29.2 Å². The average molecular weight is 498 g/mol. The molecule has 186 valence electrons. The molecule has 0 radical (unpaired) electrons. The molecule has 1 saturated carbocycles.